The maximum Gasteiger partial charge on any atom is 0.326 e. The van der Waals surface area contributed by atoms with Crippen molar-refractivity contribution in [3.63, 3.8) is 0 Å². The summed E-state index contributed by atoms with van der Waals surface area (Å²) >= 11 is 0. The standard InChI is InChI=1S/C17H26FN3O3/c1-11(2)7-14(16(23)24)21-8-13(19-12(3)15(21)22)5-6-20-9-17(4,18)10-20/h8,11,14H,5-7,9-10H2,1-4H3,(H,23,24)/t14-/m0/s1. The Hall–Kier alpha value is -1.76. The molecule has 1 aliphatic heterocycles. The second kappa shape index (κ2) is 7.01. The van der Waals surface area contributed by atoms with Crippen molar-refractivity contribution in [3.05, 3.63) is 27.9 Å². The maximum atomic E-state index is 13.5. The molecule has 1 saturated heterocycles. The fraction of sp³-hybridized carbons (Fsp3) is 0.706. The molecule has 1 aliphatic rings. The van der Waals surface area contributed by atoms with Crippen molar-refractivity contribution in [3.8, 4) is 0 Å². The summed E-state index contributed by atoms with van der Waals surface area (Å²) in [5.74, 6) is -0.864. The van der Waals surface area contributed by atoms with Gasteiger partial charge in [-0.2, -0.15) is 0 Å². The van der Waals surface area contributed by atoms with Gasteiger partial charge in [0.1, 0.15) is 17.4 Å². The molecular formula is C17H26FN3O3. The predicted molar refractivity (Wildman–Crippen MR) is 89.0 cm³/mol. The van der Waals surface area contributed by atoms with Crippen LogP contribution in [0.4, 0.5) is 4.39 Å². The monoisotopic (exact) mass is 339 g/mol. The number of carboxylic acids is 1. The fourth-order valence-corrected chi connectivity index (χ4v) is 3.15. The van der Waals surface area contributed by atoms with Gasteiger partial charge in [0, 0.05) is 32.3 Å². The van der Waals surface area contributed by atoms with Crippen molar-refractivity contribution in [1.29, 1.82) is 0 Å². The number of alkyl halides is 1. The molecule has 1 aromatic heterocycles. The van der Waals surface area contributed by atoms with Crippen molar-refractivity contribution >= 4 is 5.97 Å². The number of nitrogens with zero attached hydrogens (tertiary/aromatic N) is 3. The van der Waals surface area contributed by atoms with Gasteiger partial charge < -0.3 is 5.11 Å². The van der Waals surface area contributed by atoms with Gasteiger partial charge in [0.25, 0.3) is 5.56 Å². The minimum atomic E-state index is -1.12. The number of halogens is 1. The van der Waals surface area contributed by atoms with Crippen LogP contribution in [0.25, 0.3) is 0 Å². The fourth-order valence-electron chi connectivity index (χ4n) is 3.15. The lowest BCUT2D eigenvalue weighted by atomic mass is 9.99. The molecule has 2 rings (SSSR count). The van der Waals surface area contributed by atoms with Crippen LogP contribution in [0.1, 0.15) is 44.6 Å². The molecule has 0 spiro atoms. The van der Waals surface area contributed by atoms with Crippen LogP contribution in [-0.2, 0) is 11.2 Å². The zero-order valence-electron chi connectivity index (χ0n) is 14.8. The van der Waals surface area contributed by atoms with Gasteiger partial charge >= 0.3 is 5.97 Å². The van der Waals surface area contributed by atoms with Gasteiger partial charge in [-0.05, 0) is 26.2 Å². The van der Waals surface area contributed by atoms with Crippen LogP contribution in [0.2, 0.25) is 0 Å². The van der Waals surface area contributed by atoms with Crippen LogP contribution in [-0.4, -0.2) is 50.8 Å². The molecule has 0 aromatic carbocycles. The van der Waals surface area contributed by atoms with E-state index in [0.29, 0.717) is 43.9 Å². The van der Waals surface area contributed by atoms with Crippen LogP contribution in [0.5, 0.6) is 0 Å². The number of aliphatic carboxylic acids is 1. The van der Waals surface area contributed by atoms with Gasteiger partial charge in [-0.1, -0.05) is 13.8 Å². The highest BCUT2D eigenvalue weighted by atomic mass is 19.1. The molecule has 0 unspecified atom stereocenters. The van der Waals surface area contributed by atoms with Gasteiger partial charge in [-0.3, -0.25) is 19.2 Å². The third-order valence-corrected chi connectivity index (χ3v) is 4.25. The van der Waals surface area contributed by atoms with Gasteiger partial charge in [-0.15, -0.1) is 0 Å². The Bertz CT molecular complexity index is 662. The Balaban J connectivity index is 2.18. The van der Waals surface area contributed by atoms with Crippen molar-refractivity contribution in [2.24, 2.45) is 5.92 Å². The molecule has 0 bridgehead atoms. The summed E-state index contributed by atoms with van der Waals surface area (Å²) in [6, 6.07) is -0.893. The second-order valence-corrected chi connectivity index (χ2v) is 7.39. The molecule has 134 valence electrons. The zero-order valence-corrected chi connectivity index (χ0v) is 14.8. The Morgan fingerprint density at radius 1 is 1.46 bits per heavy atom. The number of likely N-dealkylation sites (tertiary alicyclic amines) is 1. The molecule has 1 aromatic rings. The van der Waals surface area contributed by atoms with E-state index in [9.17, 15) is 19.1 Å². The summed E-state index contributed by atoms with van der Waals surface area (Å²) in [6.45, 7) is 8.47. The van der Waals surface area contributed by atoms with Crippen LogP contribution in [0.3, 0.4) is 0 Å². The lowest BCUT2D eigenvalue weighted by Gasteiger charge is -2.42. The summed E-state index contributed by atoms with van der Waals surface area (Å²) in [5, 5.41) is 9.47. The van der Waals surface area contributed by atoms with Gasteiger partial charge in [-0.25, -0.2) is 9.18 Å². The van der Waals surface area contributed by atoms with Crippen molar-refractivity contribution in [2.45, 2.75) is 52.2 Å². The lowest BCUT2D eigenvalue weighted by Crippen LogP contribution is -2.57. The molecule has 0 aliphatic carbocycles. The number of carbonyl (C=O) groups is 1. The van der Waals surface area contributed by atoms with Gasteiger partial charge in [0.2, 0.25) is 0 Å². The minimum absolute atomic E-state index is 0.151. The third kappa shape index (κ3) is 4.41. The van der Waals surface area contributed by atoms with Crippen LogP contribution >= 0.6 is 0 Å². The summed E-state index contributed by atoms with van der Waals surface area (Å²) in [7, 11) is 0. The highest BCUT2D eigenvalue weighted by Gasteiger charge is 2.38. The molecule has 6 nitrogen and oxygen atoms in total. The number of aryl methyl sites for hydroxylation is 1. The number of rotatable bonds is 7. The lowest BCUT2D eigenvalue weighted by molar-refractivity contribution is -0.141. The maximum absolute atomic E-state index is 13.5. The summed E-state index contributed by atoms with van der Waals surface area (Å²) in [5.41, 5.74) is -0.531. The second-order valence-electron chi connectivity index (χ2n) is 7.39. The molecule has 0 amide bonds. The topological polar surface area (TPSA) is 75.4 Å². The summed E-state index contributed by atoms with van der Waals surface area (Å²) in [6.07, 6.45) is 2.49. The first-order valence-electron chi connectivity index (χ1n) is 8.32. The SMILES string of the molecule is Cc1nc(CCN2CC(C)(F)C2)cn([C@@H](CC(C)C)C(=O)O)c1=O. The Morgan fingerprint density at radius 2 is 2.08 bits per heavy atom. The van der Waals surface area contributed by atoms with Crippen LogP contribution < -0.4 is 5.56 Å². The third-order valence-electron chi connectivity index (χ3n) is 4.25. The first-order valence-corrected chi connectivity index (χ1v) is 8.32. The van der Waals surface area contributed by atoms with E-state index in [2.05, 4.69) is 4.98 Å². The highest BCUT2D eigenvalue weighted by molar-refractivity contribution is 5.71. The largest absolute Gasteiger partial charge is 0.480 e. The average molecular weight is 339 g/mol. The molecule has 1 fully saturated rings. The van der Waals surface area contributed by atoms with Crippen molar-refractivity contribution in [1.82, 2.24) is 14.5 Å². The van der Waals surface area contributed by atoms with E-state index in [0.717, 1.165) is 0 Å². The van der Waals surface area contributed by atoms with E-state index < -0.39 is 17.7 Å². The van der Waals surface area contributed by atoms with E-state index in [-0.39, 0.29) is 11.5 Å². The average Bonchev–Trinajstić information content (AvgIpc) is 2.43. The molecular weight excluding hydrogens is 313 g/mol. The van der Waals surface area contributed by atoms with Crippen molar-refractivity contribution < 1.29 is 14.3 Å². The number of aromatic nitrogens is 2. The molecule has 1 atom stereocenters. The van der Waals surface area contributed by atoms with E-state index >= 15 is 0 Å². The molecule has 7 heteroatoms. The van der Waals surface area contributed by atoms with Crippen molar-refractivity contribution in [2.75, 3.05) is 19.6 Å². The molecule has 24 heavy (non-hydrogen) atoms. The Kier molecular flexibility index (Phi) is 5.42. The molecule has 0 saturated carbocycles. The minimum Gasteiger partial charge on any atom is -0.480 e. The summed E-state index contributed by atoms with van der Waals surface area (Å²) in [4.78, 5) is 30.1. The highest BCUT2D eigenvalue weighted by Crippen LogP contribution is 2.24. The van der Waals surface area contributed by atoms with E-state index in [4.69, 9.17) is 0 Å². The van der Waals surface area contributed by atoms with Crippen LogP contribution in [0.15, 0.2) is 11.0 Å². The number of carboxylic acid groups (broad SMARTS) is 1. The van der Waals surface area contributed by atoms with E-state index in [1.54, 1.807) is 20.0 Å². The number of hydrogen-bond donors (Lipinski definition) is 1. The van der Waals surface area contributed by atoms with E-state index in [1.807, 2.05) is 18.7 Å². The summed E-state index contributed by atoms with van der Waals surface area (Å²) < 4.78 is 14.8. The van der Waals surface area contributed by atoms with Crippen LogP contribution in [0, 0.1) is 12.8 Å². The Morgan fingerprint density at radius 3 is 2.58 bits per heavy atom. The van der Waals surface area contributed by atoms with E-state index in [1.165, 1.54) is 4.57 Å². The molecule has 0 radical (unpaired) electrons. The first-order chi connectivity index (χ1) is 11.1. The normalized spacial score (nSPS) is 18.4. The molecule has 2 heterocycles. The Labute approximate surface area is 141 Å². The molecule has 1 N–H and O–H groups in total. The van der Waals surface area contributed by atoms with Gasteiger partial charge in [0.05, 0.1) is 5.69 Å². The quantitative estimate of drug-likeness (QED) is 0.820. The number of hydrogen-bond acceptors (Lipinski definition) is 4. The first kappa shape index (κ1) is 18.6. The predicted octanol–water partition coefficient (Wildman–Crippen LogP) is 1.81. The zero-order chi connectivity index (χ0) is 18.1. The van der Waals surface area contributed by atoms with Gasteiger partial charge in [0.15, 0.2) is 0 Å². The smallest absolute Gasteiger partial charge is 0.326 e.